The van der Waals surface area contributed by atoms with Gasteiger partial charge in [-0.15, -0.1) is 0 Å². The first-order chi connectivity index (χ1) is 8.61. The van der Waals surface area contributed by atoms with Crippen molar-refractivity contribution in [3.8, 4) is 0 Å². The largest absolute Gasteiger partial charge is 0.600 e. The van der Waals surface area contributed by atoms with Gasteiger partial charge in [0.05, 0.1) is 12.7 Å². The summed E-state index contributed by atoms with van der Waals surface area (Å²) in [4.78, 5) is 0.691. The van der Waals surface area contributed by atoms with Gasteiger partial charge in [0, 0.05) is 13.5 Å². The molecule has 18 heavy (non-hydrogen) atoms. The Morgan fingerprint density at radius 1 is 1.22 bits per heavy atom. The number of hydrogen-bond acceptors (Lipinski definition) is 4. The topological polar surface area (TPSA) is 67.9 Å². The molecule has 0 aliphatic rings. The van der Waals surface area contributed by atoms with E-state index in [1.807, 2.05) is 0 Å². The molecule has 0 bridgehead atoms. The molecule has 0 aromatic heterocycles. The van der Waals surface area contributed by atoms with Crippen LogP contribution in [0, 0.1) is 5.21 Å². The number of rotatable bonds is 11. The average Bonchev–Trinajstić information content (AvgIpc) is 2.33. The van der Waals surface area contributed by atoms with Crippen LogP contribution in [-0.2, 0) is 4.74 Å². The number of aliphatic hydroxyl groups is 1. The van der Waals surface area contributed by atoms with E-state index in [4.69, 9.17) is 4.74 Å². The zero-order valence-corrected chi connectivity index (χ0v) is 12.0. The van der Waals surface area contributed by atoms with Gasteiger partial charge in [-0.25, -0.2) is 0 Å². The quantitative estimate of drug-likeness (QED) is 0.269. The van der Waals surface area contributed by atoms with Crippen LogP contribution >= 0.6 is 0 Å². The lowest BCUT2D eigenvalue weighted by Crippen LogP contribution is -2.27. The van der Waals surface area contributed by atoms with Crippen molar-refractivity contribution in [1.29, 1.82) is 0 Å². The van der Waals surface area contributed by atoms with E-state index >= 15 is 0 Å². The minimum Gasteiger partial charge on any atom is -0.600 e. The van der Waals surface area contributed by atoms with E-state index in [0.29, 0.717) is 11.4 Å². The maximum Gasteiger partial charge on any atom is 0.180 e. The van der Waals surface area contributed by atoms with Crippen LogP contribution in [0.1, 0.15) is 52.4 Å². The molecule has 5 nitrogen and oxygen atoms in total. The first-order valence-corrected chi connectivity index (χ1v) is 6.94. The molecule has 0 saturated carbocycles. The number of hydrogen-bond donors (Lipinski definition) is 1. The van der Waals surface area contributed by atoms with Crippen molar-refractivity contribution in [3.63, 3.8) is 0 Å². The Hall–Kier alpha value is -0.680. The number of azo groups is 1. The number of methoxy groups -OCH3 is 1. The molecule has 108 valence electrons. The second kappa shape index (κ2) is 11.4. The van der Waals surface area contributed by atoms with Gasteiger partial charge in [-0.3, -0.25) is 0 Å². The average molecular weight is 260 g/mol. The molecule has 0 radical (unpaired) electrons. The molecule has 0 amide bonds. The van der Waals surface area contributed by atoms with Gasteiger partial charge in [-0.2, -0.15) is 0 Å². The normalized spacial score (nSPS) is 15.7. The molecule has 0 aromatic rings. The lowest BCUT2D eigenvalue weighted by molar-refractivity contribution is -0.535. The highest BCUT2D eigenvalue weighted by atomic mass is 16.5. The molecule has 2 unspecified atom stereocenters. The SMILES string of the molecule is CCCCCCCC[N+]([O-])=NC(COC)C(C)O. The van der Waals surface area contributed by atoms with Crippen molar-refractivity contribution in [2.45, 2.75) is 64.5 Å². The number of hydroxylamine groups is 1. The van der Waals surface area contributed by atoms with Gasteiger partial charge in [0.1, 0.15) is 0 Å². The van der Waals surface area contributed by atoms with Crippen molar-refractivity contribution in [3.05, 3.63) is 5.21 Å². The van der Waals surface area contributed by atoms with Gasteiger partial charge in [0.2, 0.25) is 0 Å². The fourth-order valence-corrected chi connectivity index (χ4v) is 1.69. The van der Waals surface area contributed by atoms with Crippen LogP contribution in [0.2, 0.25) is 0 Å². The Balaban J connectivity index is 3.80. The van der Waals surface area contributed by atoms with Gasteiger partial charge in [-0.05, 0) is 18.5 Å². The zero-order valence-electron chi connectivity index (χ0n) is 12.0. The standard InChI is InChI=1S/C13H28N2O3/c1-4-5-6-7-8-9-10-15(17)14-13(11-18-3)12(2)16/h12-13,16H,4-11H2,1-3H3. The molecule has 0 rings (SSSR count). The number of aliphatic hydroxyl groups excluding tert-OH is 1. The number of nitrogens with zero attached hydrogens (tertiary/aromatic N) is 2. The fourth-order valence-electron chi connectivity index (χ4n) is 1.69. The molecule has 0 aliphatic carbocycles. The van der Waals surface area contributed by atoms with Crippen LogP contribution in [0.25, 0.3) is 0 Å². The van der Waals surface area contributed by atoms with E-state index < -0.39 is 12.1 Å². The molecule has 0 fully saturated rings. The predicted molar refractivity (Wildman–Crippen MR) is 71.6 cm³/mol. The van der Waals surface area contributed by atoms with Crippen molar-refractivity contribution >= 4 is 0 Å². The van der Waals surface area contributed by atoms with Gasteiger partial charge < -0.3 is 15.1 Å². The Kier molecular flexibility index (Phi) is 11.0. The monoisotopic (exact) mass is 260 g/mol. The molecule has 5 heteroatoms. The van der Waals surface area contributed by atoms with Gasteiger partial charge >= 0.3 is 0 Å². The third-order valence-corrected chi connectivity index (χ3v) is 2.87. The molecule has 2 atom stereocenters. The van der Waals surface area contributed by atoms with Crippen molar-refractivity contribution < 1.29 is 14.7 Å². The Labute approximate surface area is 110 Å². The van der Waals surface area contributed by atoms with E-state index in [9.17, 15) is 10.3 Å². The fraction of sp³-hybridized carbons (Fsp3) is 1.00. The van der Waals surface area contributed by atoms with E-state index in [-0.39, 0.29) is 6.61 Å². The van der Waals surface area contributed by atoms with Crippen LogP contribution < -0.4 is 0 Å². The highest BCUT2D eigenvalue weighted by Crippen LogP contribution is 2.06. The second-order valence-electron chi connectivity index (χ2n) is 4.72. The highest BCUT2D eigenvalue weighted by Gasteiger charge is 2.17. The summed E-state index contributed by atoms with van der Waals surface area (Å²) in [5, 5.41) is 24.8. The van der Waals surface area contributed by atoms with Crippen LogP contribution in [0.3, 0.4) is 0 Å². The molecule has 0 saturated heterocycles. The summed E-state index contributed by atoms with van der Waals surface area (Å²) in [6.45, 7) is 4.47. The van der Waals surface area contributed by atoms with Crippen molar-refractivity contribution in [2.75, 3.05) is 20.3 Å². The summed E-state index contributed by atoms with van der Waals surface area (Å²) in [6.07, 6.45) is 6.19. The van der Waals surface area contributed by atoms with Crippen LogP contribution in [0.4, 0.5) is 0 Å². The molecule has 0 aromatic carbocycles. The Morgan fingerprint density at radius 3 is 2.39 bits per heavy atom. The van der Waals surface area contributed by atoms with Crippen molar-refractivity contribution in [1.82, 2.24) is 0 Å². The third-order valence-electron chi connectivity index (χ3n) is 2.87. The zero-order chi connectivity index (χ0) is 13.8. The minimum atomic E-state index is -0.661. The van der Waals surface area contributed by atoms with Gasteiger partial charge in [0.25, 0.3) is 0 Å². The Morgan fingerprint density at radius 2 is 1.83 bits per heavy atom. The third kappa shape index (κ3) is 9.36. The van der Waals surface area contributed by atoms with Crippen LogP contribution in [0.15, 0.2) is 5.11 Å². The second-order valence-corrected chi connectivity index (χ2v) is 4.72. The summed E-state index contributed by atoms with van der Waals surface area (Å²) >= 11 is 0. The lowest BCUT2D eigenvalue weighted by Gasteiger charge is -2.12. The number of unbranched alkanes of at least 4 members (excludes halogenated alkanes) is 5. The van der Waals surface area contributed by atoms with Crippen LogP contribution in [0.5, 0.6) is 0 Å². The summed E-state index contributed by atoms with van der Waals surface area (Å²) < 4.78 is 4.92. The minimum absolute atomic E-state index is 0.271. The van der Waals surface area contributed by atoms with E-state index in [1.54, 1.807) is 6.92 Å². The maximum absolute atomic E-state index is 11.5. The molecule has 0 heterocycles. The first-order valence-electron chi connectivity index (χ1n) is 6.94. The van der Waals surface area contributed by atoms with Crippen LogP contribution in [-0.4, -0.2) is 42.4 Å². The molecular weight excluding hydrogens is 232 g/mol. The molecule has 0 spiro atoms. The van der Waals surface area contributed by atoms with E-state index in [0.717, 1.165) is 12.8 Å². The van der Waals surface area contributed by atoms with E-state index in [2.05, 4.69) is 12.0 Å². The first kappa shape index (κ1) is 17.3. The molecule has 0 aliphatic heterocycles. The summed E-state index contributed by atoms with van der Waals surface area (Å²) in [5.74, 6) is 0. The number of ether oxygens (including phenoxy) is 1. The van der Waals surface area contributed by atoms with Crippen molar-refractivity contribution in [2.24, 2.45) is 5.11 Å². The Bertz CT molecular complexity index is 220. The summed E-state index contributed by atoms with van der Waals surface area (Å²) in [6, 6.07) is -0.465. The molecular formula is C13H28N2O3. The lowest BCUT2D eigenvalue weighted by atomic mass is 10.1. The predicted octanol–water partition coefficient (Wildman–Crippen LogP) is 2.71. The summed E-state index contributed by atoms with van der Waals surface area (Å²) in [5.41, 5.74) is 0. The smallest absolute Gasteiger partial charge is 0.180 e. The van der Waals surface area contributed by atoms with E-state index in [1.165, 1.54) is 32.8 Å². The highest BCUT2D eigenvalue weighted by molar-refractivity contribution is 4.67. The molecule has 1 N–H and O–H groups in total. The van der Waals surface area contributed by atoms with Gasteiger partial charge in [0.15, 0.2) is 12.6 Å². The maximum atomic E-state index is 11.5. The van der Waals surface area contributed by atoms with Gasteiger partial charge in [-0.1, -0.05) is 37.5 Å². The summed E-state index contributed by atoms with van der Waals surface area (Å²) in [7, 11) is 1.54.